The van der Waals surface area contributed by atoms with Gasteiger partial charge in [-0.05, 0) is 43.0 Å². The van der Waals surface area contributed by atoms with E-state index in [1.807, 2.05) is 0 Å². The smallest absolute Gasteiger partial charge is 0.243 e. The molecule has 1 aromatic carbocycles. The van der Waals surface area contributed by atoms with E-state index in [9.17, 15) is 8.42 Å². The van der Waals surface area contributed by atoms with Gasteiger partial charge in [0.25, 0.3) is 0 Å². The van der Waals surface area contributed by atoms with E-state index in [1.165, 1.54) is 17.5 Å². The second kappa shape index (κ2) is 8.17. The summed E-state index contributed by atoms with van der Waals surface area (Å²) in [4.78, 5) is 0.221. The Balaban J connectivity index is 3.08. The molecule has 0 bridgehead atoms. The molecule has 0 unspecified atom stereocenters. The van der Waals surface area contributed by atoms with Gasteiger partial charge in [0, 0.05) is 20.2 Å². The van der Waals surface area contributed by atoms with E-state index < -0.39 is 10.0 Å². The van der Waals surface area contributed by atoms with E-state index in [0.29, 0.717) is 17.9 Å². The van der Waals surface area contributed by atoms with Gasteiger partial charge in [0.1, 0.15) is 5.75 Å². The van der Waals surface area contributed by atoms with Crippen molar-refractivity contribution in [3.8, 4) is 5.75 Å². The van der Waals surface area contributed by atoms with Crippen molar-refractivity contribution < 1.29 is 18.3 Å². The highest BCUT2D eigenvalue weighted by atomic mass is 32.2. The molecule has 0 fully saturated rings. The Morgan fingerprint density at radius 1 is 1.43 bits per heavy atom. The van der Waals surface area contributed by atoms with Gasteiger partial charge in [0.2, 0.25) is 10.0 Å². The van der Waals surface area contributed by atoms with Crippen LogP contribution >= 0.6 is 0 Å². The number of benzene rings is 1. The van der Waals surface area contributed by atoms with Gasteiger partial charge in [-0.2, -0.15) is 0 Å². The highest BCUT2D eigenvalue weighted by Crippen LogP contribution is 2.24. The fourth-order valence-corrected chi connectivity index (χ4v) is 3.43. The second-order valence-corrected chi connectivity index (χ2v) is 6.72. The lowest BCUT2D eigenvalue weighted by Crippen LogP contribution is -2.28. The van der Waals surface area contributed by atoms with Crippen molar-refractivity contribution in [2.24, 2.45) is 0 Å². The van der Waals surface area contributed by atoms with E-state index in [-0.39, 0.29) is 17.9 Å². The maximum absolute atomic E-state index is 12.6. The first-order valence-electron chi connectivity index (χ1n) is 6.82. The molecular weight excluding hydrogens is 290 g/mol. The average Bonchev–Trinajstić information content (AvgIpc) is 2.47. The Hall–Kier alpha value is -1.37. The third-order valence-corrected chi connectivity index (χ3v) is 5.18. The van der Waals surface area contributed by atoms with Crippen LogP contribution in [-0.4, -0.2) is 45.1 Å². The Bertz CT molecular complexity index is 569. The van der Waals surface area contributed by atoms with Crippen LogP contribution in [0.5, 0.6) is 5.75 Å². The molecule has 0 radical (unpaired) electrons. The SMILES string of the molecule is C=CCCCN(C)S(=O)(=O)c1ccc(OC)cc1CCO. The predicted octanol–water partition coefficient (Wildman–Crippen LogP) is 1.82. The summed E-state index contributed by atoms with van der Waals surface area (Å²) in [7, 11) is -0.483. The second-order valence-electron chi connectivity index (χ2n) is 4.70. The van der Waals surface area contributed by atoms with Gasteiger partial charge in [-0.1, -0.05) is 6.08 Å². The Morgan fingerprint density at radius 3 is 2.71 bits per heavy atom. The Kier molecular flexibility index (Phi) is 6.87. The third kappa shape index (κ3) is 4.56. The normalized spacial score (nSPS) is 11.6. The molecule has 118 valence electrons. The minimum Gasteiger partial charge on any atom is -0.497 e. The first-order valence-corrected chi connectivity index (χ1v) is 8.26. The summed E-state index contributed by atoms with van der Waals surface area (Å²) < 4.78 is 31.6. The van der Waals surface area contributed by atoms with Gasteiger partial charge in [0.05, 0.1) is 12.0 Å². The van der Waals surface area contributed by atoms with Gasteiger partial charge in [-0.25, -0.2) is 12.7 Å². The van der Waals surface area contributed by atoms with E-state index in [2.05, 4.69) is 6.58 Å². The summed E-state index contributed by atoms with van der Waals surface area (Å²) in [5.41, 5.74) is 0.562. The van der Waals surface area contributed by atoms with Crippen LogP contribution in [0.25, 0.3) is 0 Å². The van der Waals surface area contributed by atoms with E-state index >= 15 is 0 Å². The Labute approximate surface area is 126 Å². The van der Waals surface area contributed by atoms with E-state index in [1.54, 1.807) is 25.3 Å². The fraction of sp³-hybridized carbons (Fsp3) is 0.467. The lowest BCUT2D eigenvalue weighted by Gasteiger charge is -2.19. The summed E-state index contributed by atoms with van der Waals surface area (Å²) in [5, 5.41) is 9.13. The molecular formula is C15H23NO4S. The molecule has 0 atom stereocenters. The number of aliphatic hydroxyl groups is 1. The average molecular weight is 313 g/mol. The fourth-order valence-electron chi connectivity index (χ4n) is 2.00. The number of sulfonamides is 1. The van der Waals surface area contributed by atoms with E-state index in [0.717, 1.165) is 12.8 Å². The van der Waals surface area contributed by atoms with Crippen LogP contribution in [0.4, 0.5) is 0 Å². The highest BCUT2D eigenvalue weighted by Gasteiger charge is 2.23. The minimum absolute atomic E-state index is 0.115. The molecule has 0 aromatic heterocycles. The van der Waals surface area contributed by atoms with Crippen molar-refractivity contribution in [1.82, 2.24) is 4.31 Å². The molecule has 0 aliphatic heterocycles. The number of methoxy groups -OCH3 is 1. The van der Waals surface area contributed by atoms with Crippen LogP contribution in [0, 0.1) is 0 Å². The topological polar surface area (TPSA) is 66.8 Å². The molecule has 1 aromatic rings. The van der Waals surface area contributed by atoms with Crippen LogP contribution < -0.4 is 4.74 Å². The number of rotatable bonds is 9. The number of unbranched alkanes of at least 4 members (excludes halogenated alkanes) is 1. The molecule has 6 heteroatoms. The van der Waals surface area contributed by atoms with Crippen molar-refractivity contribution in [2.45, 2.75) is 24.2 Å². The predicted molar refractivity (Wildman–Crippen MR) is 83.0 cm³/mol. The molecule has 0 saturated carbocycles. The molecule has 0 amide bonds. The first kappa shape index (κ1) is 17.7. The van der Waals surface area contributed by atoms with Crippen molar-refractivity contribution in [3.05, 3.63) is 36.4 Å². The molecule has 5 nitrogen and oxygen atoms in total. The van der Waals surface area contributed by atoms with Gasteiger partial charge in [-0.3, -0.25) is 0 Å². The first-order chi connectivity index (χ1) is 9.97. The summed E-state index contributed by atoms with van der Waals surface area (Å²) in [6.45, 7) is 3.94. The maximum atomic E-state index is 12.6. The van der Waals surface area contributed by atoms with Gasteiger partial charge in [0.15, 0.2) is 0 Å². The maximum Gasteiger partial charge on any atom is 0.243 e. The number of hydrogen-bond acceptors (Lipinski definition) is 4. The van der Waals surface area contributed by atoms with Gasteiger partial charge < -0.3 is 9.84 Å². The number of nitrogens with zero attached hydrogens (tertiary/aromatic N) is 1. The monoisotopic (exact) mass is 313 g/mol. The highest BCUT2D eigenvalue weighted by molar-refractivity contribution is 7.89. The van der Waals surface area contributed by atoms with Gasteiger partial charge in [-0.15, -0.1) is 6.58 Å². The van der Waals surface area contributed by atoms with Crippen LogP contribution in [0.15, 0.2) is 35.7 Å². The summed E-state index contributed by atoms with van der Waals surface area (Å²) in [6, 6.07) is 4.80. The number of aliphatic hydroxyl groups excluding tert-OH is 1. The third-order valence-electron chi connectivity index (χ3n) is 3.22. The quantitative estimate of drug-likeness (QED) is 0.558. The lowest BCUT2D eigenvalue weighted by molar-refractivity contribution is 0.298. The van der Waals surface area contributed by atoms with Crippen molar-refractivity contribution >= 4 is 10.0 Å². The van der Waals surface area contributed by atoms with Gasteiger partial charge >= 0.3 is 0 Å². The minimum atomic E-state index is -3.56. The van der Waals surface area contributed by atoms with Crippen LogP contribution in [-0.2, 0) is 16.4 Å². The summed E-state index contributed by atoms with van der Waals surface area (Å²) in [6.07, 6.45) is 3.54. The van der Waals surface area contributed by atoms with Crippen LogP contribution in [0.2, 0.25) is 0 Å². The zero-order valence-corrected chi connectivity index (χ0v) is 13.4. The molecule has 0 heterocycles. The number of hydrogen-bond donors (Lipinski definition) is 1. The summed E-state index contributed by atoms with van der Waals surface area (Å²) >= 11 is 0. The number of ether oxygens (including phenoxy) is 1. The zero-order valence-electron chi connectivity index (χ0n) is 12.6. The molecule has 1 rings (SSSR count). The molecule has 0 aliphatic rings. The lowest BCUT2D eigenvalue weighted by atomic mass is 10.1. The number of allylic oxidation sites excluding steroid dienone is 1. The standard InChI is InChI=1S/C15H23NO4S/c1-4-5-6-10-16(2)21(18,19)15-8-7-14(20-3)12-13(15)9-11-17/h4,7-8,12,17H,1,5-6,9-11H2,2-3H3. The summed E-state index contributed by atoms with van der Waals surface area (Å²) in [5.74, 6) is 0.576. The van der Waals surface area contributed by atoms with Crippen LogP contribution in [0.1, 0.15) is 18.4 Å². The van der Waals surface area contributed by atoms with E-state index in [4.69, 9.17) is 9.84 Å². The largest absolute Gasteiger partial charge is 0.497 e. The van der Waals surface area contributed by atoms with Crippen molar-refractivity contribution in [2.75, 3.05) is 27.3 Å². The molecule has 21 heavy (non-hydrogen) atoms. The molecule has 1 N–H and O–H groups in total. The van der Waals surface area contributed by atoms with Crippen molar-refractivity contribution in [3.63, 3.8) is 0 Å². The zero-order chi connectivity index (χ0) is 15.9. The van der Waals surface area contributed by atoms with Crippen molar-refractivity contribution in [1.29, 1.82) is 0 Å². The molecule has 0 saturated heterocycles. The molecule has 0 aliphatic carbocycles. The molecule has 0 spiro atoms. The van der Waals surface area contributed by atoms with Crippen LogP contribution in [0.3, 0.4) is 0 Å². The Morgan fingerprint density at radius 2 is 2.14 bits per heavy atom.